The quantitative estimate of drug-likeness (QED) is 0.794. The first-order valence-corrected chi connectivity index (χ1v) is 6.11. The minimum Gasteiger partial charge on any atom is -0.340 e. The van der Waals surface area contributed by atoms with Crippen LogP contribution in [0.2, 0.25) is 0 Å². The summed E-state index contributed by atoms with van der Waals surface area (Å²) in [4.78, 5) is 13.9. The lowest BCUT2D eigenvalue weighted by Gasteiger charge is -2.32. The molecule has 98 valence electrons. The van der Waals surface area contributed by atoms with Crippen molar-refractivity contribution in [3.8, 4) is 6.07 Å². The highest BCUT2D eigenvalue weighted by molar-refractivity contribution is 5.82. The predicted octanol–water partition coefficient (Wildman–Crippen LogP) is 1.76. The zero-order valence-electron chi connectivity index (χ0n) is 11.7. The van der Waals surface area contributed by atoms with Crippen molar-refractivity contribution in [2.75, 3.05) is 13.1 Å². The van der Waals surface area contributed by atoms with Gasteiger partial charge in [-0.15, -0.1) is 0 Å². The average Bonchev–Trinajstić information content (AvgIpc) is 2.20. The van der Waals surface area contributed by atoms with Gasteiger partial charge in [-0.25, -0.2) is 0 Å². The maximum Gasteiger partial charge on any atom is 0.240 e. The van der Waals surface area contributed by atoms with E-state index in [1.807, 2.05) is 20.8 Å². The molecule has 0 radical (unpaired) electrons. The largest absolute Gasteiger partial charge is 0.340 e. The molecule has 0 saturated carbocycles. The van der Waals surface area contributed by atoms with Crippen LogP contribution >= 0.6 is 0 Å². The molecule has 0 unspecified atom stereocenters. The third-order valence-corrected chi connectivity index (χ3v) is 2.59. The highest BCUT2D eigenvalue weighted by Gasteiger charge is 2.31. The minimum absolute atomic E-state index is 0.0542. The van der Waals surface area contributed by atoms with E-state index in [2.05, 4.69) is 19.9 Å². The van der Waals surface area contributed by atoms with E-state index in [1.54, 1.807) is 4.90 Å². The molecule has 0 aliphatic rings. The number of hydrogen-bond donors (Lipinski definition) is 1. The number of carbonyl (C=O) groups is 1. The maximum atomic E-state index is 12.2. The molecule has 2 N–H and O–H groups in total. The fourth-order valence-electron chi connectivity index (χ4n) is 1.48. The van der Waals surface area contributed by atoms with Gasteiger partial charge in [-0.1, -0.05) is 34.6 Å². The van der Waals surface area contributed by atoms with E-state index < -0.39 is 6.04 Å². The fourth-order valence-corrected chi connectivity index (χ4v) is 1.48. The van der Waals surface area contributed by atoms with E-state index >= 15 is 0 Å². The smallest absolute Gasteiger partial charge is 0.240 e. The van der Waals surface area contributed by atoms with E-state index in [9.17, 15) is 4.79 Å². The van der Waals surface area contributed by atoms with Crippen molar-refractivity contribution >= 4 is 5.91 Å². The molecule has 4 heteroatoms. The van der Waals surface area contributed by atoms with Crippen LogP contribution in [0.5, 0.6) is 0 Å². The lowest BCUT2D eigenvalue weighted by atomic mass is 9.86. The molecule has 17 heavy (non-hydrogen) atoms. The summed E-state index contributed by atoms with van der Waals surface area (Å²) in [5.74, 6) is 0.325. The van der Waals surface area contributed by atoms with Gasteiger partial charge in [0, 0.05) is 13.1 Å². The highest BCUT2D eigenvalue weighted by Crippen LogP contribution is 2.19. The van der Waals surface area contributed by atoms with Crippen LogP contribution in [-0.4, -0.2) is 29.9 Å². The zero-order valence-corrected chi connectivity index (χ0v) is 11.7. The summed E-state index contributed by atoms with van der Waals surface area (Å²) in [6, 6.07) is 1.56. The molecule has 4 nitrogen and oxygen atoms in total. The molecular weight excluding hydrogens is 214 g/mol. The van der Waals surface area contributed by atoms with Gasteiger partial charge in [0.1, 0.15) is 0 Å². The van der Waals surface area contributed by atoms with Crippen LogP contribution in [0.15, 0.2) is 0 Å². The Morgan fingerprint density at radius 2 is 1.94 bits per heavy atom. The third kappa shape index (κ3) is 5.69. The van der Waals surface area contributed by atoms with Crippen molar-refractivity contribution in [1.82, 2.24) is 4.90 Å². The Morgan fingerprint density at radius 1 is 1.41 bits per heavy atom. The Hall–Kier alpha value is -1.08. The molecule has 0 aliphatic heterocycles. The number of nitriles is 1. The van der Waals surface area contributed by atoms with Gasteiger partial charge in [0.2, 0.25) is 5.91 Å². The lowest BCUT2D eigenvalue weighted by molar-refractivity contribution is -0.135. The minimum atomic E-state index is -0.514. The summed E-state index contributed by atoms with van der Waals surface area (Å²) in [6.07, 6.45) is 0.356. The number of nitrogens with two attached hydrogens (primary N) is 1. The van der Waals surface area contributed by atoms with E-state index in [0.29, 0.717) is 25.4 Å². The highest BCUT2D eigenvalue weighted by atomic mass is 16.2. The van der Waals surface area contributed by atoms with Gasteiger partial charge in [0.05, 0.1) is 18.5 Å². The van der Waals surface area contributed by atoms with Gasteiger partial charge in [-0.3, -0.25) is 4.79 Å². The van der Waals surface area contributed by atoms with Crippen LogP contribution in [0.1, 0.15) is 41.0 Å². The lowest BCUT2D eigenvalue weighted by Crippen LogP contribution is -2.51. The van der Waals surface area contributed by atoms with Crippen LogP contribution in [0.4, 0.5) is 0 Å². The summed E-state index contributed by atoms with van der Waals surface area (Å²) < 4.78 is 0. The molecule has 1 atom stereocenters. The zero-order chi connectivity index (χ0) is 13.6. The summed E-state index contributed by atoms with van der Waals surface area (Å²) in [5, 5.41) is 8.61. The van der Waals surface area contributed by atoms with Crippen molar-refractivity contribution in [1.29, 1.82) is 5.26 Å². The number of rotatable bonds is 5. The molecule has 0 spiro atoms. The van der Waals surface area contributed by atoms with Crippen molar-refractivity contribution < 1.29 is 4.79 Å². The molecule has 0 aromatic heterocycles. The second-order valence-electron chi connectivity index (χ2n) is 5.93. The molecule has 0 aromatic carbocycles. The molecular formula is C13H25N3O. The van der Waals surface area contributed by atoms with Crippen molar-refractivity contribution in [3.05, 3.63) is 0 Å². The third-order valence-electron chi connectivity index (χ3n) is 2.59. The van der Waals surface area contributed by atoms with E-state index in [-0.39, 0.29) is 11.3 Å². The molecule has 0 aliphatic carbocycles. The van der Waals surface area contributed by atoms with Crippen molar-refractivity contribution in [2.45, 2.75) is 47.1 Å². The monoisotopic (exact) mass is 239 g/mol. The Labute approximate surface area is 105 Å². The maximum absolute atomic E-state index is 12.2. The van der Waals surface area contributed by atoms with E-state index in [4.69, 9.17) is 11.0 Å². The molecule has 1 amide bonds. The van der Waals surface area contributed by atoms with Crippen molar-refractivity contribution in [3.63, 3.8) is 0 Å². The van der Waals surface area contributed by atoms with Crippen molar-refractivity contribution in [2.24, 2.45) is 17.1 Å². The Morgan fingerprint density at radius 3 is 2.29 bits per heavy atom. The number of amides is 1. The average molecular weight is 239 g/mol. The Balaban J connectivity index is 4.68. The summed E-state index contributed by atoms with van der Waals surface area (Å²) >= 11 is 0. The van der Waals surface area contributed by atoms with Crippen LogP contribution < -0.4 is 5.73 Å². The SMILES string of the molecule is CC(C)CN(CCC#N)C(=O)[C@@H](N)C(C)(C)C. The summed E-state index contributed by atoms with van der Waals surface area (Å²) in [5.41, 5.74) is 5.72. The molecule has 0 rings (SSSR count). The molecule has 0 saturated heterocycles. The normalized spacial score (nSPS) is 13.3. The topological polar surface area (TPSA) is 70.1 Å². The first-order valence-electron chi connectivity index (χ1n) is 6.11. The summed E-state index contributed by atoms with van der Waals surface area (Å²) in [7, 11) is 0. The van der Waals surface area contributed by atoms with Gasteiger partial charge in [-0.2, -0.15) is 5.26 Å². The number of nitrogens with zero attached hydrogens (tertiary/aromatic N) is 2. The standard InChI is InChI=1S/C13H25N3O/c1-10(2)9-16(8-6-7-14)12(17)11(15)13(3,4)5/h10-11H,6,8-9,15H2,1-5H3/t11-/m1/s1. The molecule has 0 bridgehead atoms. The fraction of sp³-hybridized carbons (Fsp3) is 0.846. The number of carbonyl (C=O) groups excluding carboxylic acids is 1. The predicted molar refractivity (Wildman–Crippen MR) is 69.1 cm³/mol. The van der Waals surface area contributed by atoms with Gasteiger partial charge in [0.15, 0.2) is 0 Å². The van der Waals surface area contributed by atoms with Crippen LogP contribution in [0.3, 0.4) is 0 Å². The summed E-state index contributed by atoms with van der Waals surface area (Å²) in [6.45, 7) is 11.1. The van der Waals surface area contributed by atoms with E-state index in [0.717, 1.165) is 0 Å². The van der Waals surface area contributed by atoms with Crippen LogP contribution in [0, 0.1) is 22.7 Å². The first-order chi connectivity index (χ1) is 7.70. The molecule has 0 aromatic rings. The molecule has 0 fully saturated rings. The van der Waals surface area contributed by atoms with Gasteiger partial charge >= 0.3 is 0 Å². The Kier molecular flexibility index (Phi) is 6.19. The second kappa shape index (κ2) is 6.61. The van der Waals surface area contributed by atoms with Gasteiger partial charge < -0.3 is 10.6 Å². The Bertz CT molecular complexity index is 286. The van der Waals surface area contributed by atoms with E-state index in [1.165, 1.54) is 0 Å². The first kappa shape index (κ1) is 15.9. The molecule has 0 heterocycles. The number of hydrogen-bond acceptors (Lipinski definition) is 3. The van der Waals surface area contributed by atoms with Gasteiger partial charge in [-0.05, 0) is 11.3 Å². The second-order valence-corrected chi connectivity index (χ2v) is 5.93. The van der Waals surface area contributed by atoms with Gasteiger partial charge in [0.25, 0.3) is 0 Å². The van der Waals surface area contributed by atoms with Crippen LogP contribution in [-0.2, 0) is 4.79 Å². The van der Waals surface area contributed by atoms with Crippen LogP contribution in [0.25, 0.3) is 0 Å².